The lowest BCUT2D eigenvalue weighted by molar-refractivity contribution is -0.123. The maximum Gasteiger partial charge on any atom is 0.237 e. The fourth-order valence-corrected chi connectivity index (χ4v) is 2.73. The van der Waals surface area contributed by atoms with E-state index in [2.05, 4.69) is 22.8 Å². The Kier molecular flexibility index (Phi) is 5.06. The van der Waals surface area contributed by atoms with Crippen LogP contribution in [-0.2, 0) is 4.79 Å². The van der Waals surface area contributed by atoms with Crippen LogP contribution in [0, 0.1) is 0 Å². The molecule has 1 aromatic carbocycles. The zero-order valence-electron chi connectivity index (χ0n) is 12.3. The number of amides is 1. The summed E-state index contributed by atoms with van der Waals surface area (Å²) in [4.78, 5) is 11.8. The average Bonchev–Trinajstić information content (AvgIpc) is 2.33. The molecule has 1 saturated carbocycles. The molecule has 1 aromatic rings. The van der Waals surface area contributed by atoms with E-state index < -0.39 is 0 Å². The molecule has 0 aliphatic heterocycles. The molecule has 0 radical (unpaired) electrons. The fraction of sp³-hybridized carbons (Fsp3) is 0.562. The minimum Gasteiger partial charge on any atom is -0.353 e. The van der Waals surface area contributed by atoms with Crippen molar-refractivity contribution in [3.63, 3.8) is 0 Å². The van der Waals surface area contributed by atoms with E-state index in [1.54, 1.807) is 0 Å². The molecule has 4 heteroatoms. The van der Waals surface area contributed by atoms with Gasteiger partial charge in [-0.2, -0.15) is 0 Å². The normalized spacial score (nSPS) is 23.2. The van der Waals surface area contributed by atoms with Crippen molar-refractivity contribution in [2.24, 2.45) is 0 Å². The van der Waals surface area contributed by atoms with Crippen molar-refractivity contribution in [1.82, 2.24) is 10.6 Å². The van der Waals surface area contributed by atoms with Gasteiger partial charge < -0.3 is 10.6 Å². The molecule has 1 aliphatic rings. The van der Waals surface area contributed by atoms with Crippen LogP contribution in [0.5, 0.6) is 0 Å². The summed E-state index contributed by atoms with van der Waals surface area (Å²) in [5, 5.41) is 7.10. The lowest BCUT2D eigenvalue weighted by atomic mass is 9.75. The second-order valence-corrected chi connectivity index (χ2v) is 6.40. The highest BCUT2D eigenvalue weighted by Gasteiger charge is 2.32. The molecular formula is C16H23ClN2O. The molecule has 1 amide bonds. The van der Waals surface area contributed by atoms with Crippen LogP contribution in [0.3, 0.4) is 0 Å². The van der Waals surface area contributed by atoms with Crippen LogP contribution in [0.25, 0.3) is 0 Å². The number of halogens is 1. The van der Waals surface area contributed by atoms with E-state index in [-0.39, 0.29) is 18.0 Å². The third-order valence-corrected chi connectivity index (χ3v) is 4.04. The van der Waals surface area contributed by atoms with Crippen molar-refractivity contribution in [2.45, 2.75) is 57.7 Å². The first-order chi connectivity index (χ1) is 9.45. The Morgan fingerprint density at radius 3 is 2.35 bits per heavy atom. The van der Waals surface area contributed by atoms with Gasteiger partial charge in [0.05, 0.1) is 6.04 Å². The molecule has 1 aliphatic carbocycles. The van der Waals surface area contributed by atoms with Gasteiger partial charge in [0, 0.05) is 17.1 Å². The predicted molar refractivity (Wildman–Crippen MR) is 83.1 cm³/mol. The highest BCUT2D eigenvalue weighted by molar-refractivity contribution is 6.30. The van der Waals surface area contributed by atoms with Gasteiger partial charge in [0.15, 0.2) is 0 Å². The van der Waals surface area contributed by atoms with Gasteiger partial charge in [-0.15, -0.1) is 0 Å². The topological polar surface area (TPSA) is 41.1 Å². The number of carbonyl (C=O) groups is 1. The minimum atomic E-state index is -0.131. The van der Waals surface area contributed by atoms with Gasteiger partial charge in [-0.25, -0.2) is 0 Å². The smallest absolute Gasteiger partial charge is 0.237 e. The van der Waals surface area contributed by atoms with Gasteiger partial charge in [0.2, 0.25) is 5.91 Å². The number of hydrogen-bond acceptors (Lipinski definition) is 2. The van der Waals surface area contributed by atoms with Gasteiger partial charge in [-0.1, -0.05) is 23.7 Å². The van der Waals surface area contributed by atoms with E-state index >= 15 is 0 Å². The molecule has 0 heterocycles. The highest BCUT2D eigenvalue weighted by atomic mass is 35.5. The zero-order valence-corrected chi connectivity index (χ0v) is 13.1. The van der Waals surface area contributed by atoms with E-state index in [1.165, 1.54) is 5.56 Å². The summed E-state index contributed by atoms with van der Waals surface area (Å²) in [6, 6.07) is 8.57. The van der Waals surface area contributed by atoms with Crippen molar-refractivity contribution >= 4 is 17.5 Å². The molecule has 0 bridgehead atoms. The average molecular weight is 295 g/mol. The molecule has 0 saturated heterocycles. The van der Waals surface area contributed by atoms with Crippen LogP contribution in [0.15, 0.2) is 24.3 Å². The van der Waals surface area contributed by atoms with Crippen molar-refractivity contribution in [2.75, 3.05) is 0 Å². The van der Waals surface area contributed by atoms with Crippen molar-refractivity contribution in [1.29, 1.82) is 0 Å². The third-order valence-electron chi connectivity index (χ3n) is 3.79. The molecule has 3 nitrogen and oxygen atoms in total. The van der Waals surface area contributed by atoms with Gasteiger partial charge in [-0.3, -0.25) is 4.79 Å². The first kappa shape index (κ1) is 15.3. The predicted octanol–water partition coefficient (Wildman–Crippen LogP) is 3.09. The summed E-state index contributed by atoms with van der Waals surface area (Å²) < 4.78 is 0. The summed E-state index contributed by atoms with van der Waals surface area (Å²) in [6.45, 7) is 5.88. The van der Waals surface area contributed by atoms with E-state index in [1.807, 2.05) is 32.9 Å². The van der Waals surface area contributed by atoms with Crippen molar-refractivity contribution in [3.05, 3.63) is 34.9 Å². The Balaban J connectivity index is 1.76. The van der Waals surface area contributed by atoms with E-state index in [0.717, 1.165) is 17.9 Å². The Hall–Kier alpha value is -1.06. The van der Waals surface area contributed by atoms with E-state index in [4.69, 9.17) is 11.6 Å². The minimum absolute atomic E-state index is 0.0787. The van der Waals surface area contributed by atoms with Crippen LogP contribution < -0.4 is 10.6 Å². The number of benzene rings is 1. The first-order valence-corrected chi connectivity index (χ1v) is 7.65. The number of carbonyl (C=O) groups excluding carboxylic acids is 1. The summed E-state index contributed by atoms with van der Waals surface area (Å²) in [5.74, 6) is 0.667. The third kappa shape index (κ3) is 3.97. The molecule has 1 unspecified atom stereocenters. The van der Waals surface area contributed by atoms with Crippen LogP contribution in [-0.4, -0.2) is 24.0 Å². The van der Waals surface area contributed by atoms with E-state index in [0.29, 0.717) is 12.0 Å². The highest BCUT2D eigenvalue weighted by Crippen LogP contribution is 2.37. The largest absolute Gasteiger partial charge is 0.353 e. The standard InChI is InChI=1S/C16H23ClN2O/c1-10(2)18-16(20)11(3)19-15-8-13(9-15)12-4-6-14(17)7-5-12/h4-7,10-11,13,15,19H,8-9H2,1-3H3,(H,18,20). The molecule has 2 rings (SSSR count). The van der Waals surface area contributed by atoms with Gasteiger partial charge >= 0.3 is 0 Å². The molecule has 0 aromatic heterocycles. The molecule has 110 valence electrons. The second kappa shape index (κ2) is 6.59. The molecule has 1 fully saturated rings. The van der Waals surface area contributed by atoms with Crippen molar-refractivity contribution in [3.8, 4) is 0 Å². The summed E-state index contributed by atoms with van der Waals surface area (Å²) in [5.41, 5.74) is 1.34. The maximum absolute atomic E-state index is 11.8. The van der Waals surface area contributed by atoms with E-state index in [9.17, 15) is 4.79 Å². The zero-order chi connectivity index (χ0) is 14.7. The Morgan fingerprint density at radius 2 is 1.80 bits per heavy atom. The fourth-order valence-electron chi connectivity index (χ4n) is 2.60. The van der Waals surface area contributed by atoms with Gasteiger partial charge in [0.1, 0.15) is 0 Å². The lowest BCUT2D eigenvalue weighted by Crippen LogP contribution is -2.51. The van der Waals surface area contributed by atoms with Gasteiger partial charge in [0.25, 0.3) is 0 Å². The van der Waals surface area contributed by atoms with Gasteiger partial charge in [-0.05, 0) is 57.2 Å². The number of rotatable bonds is 5. The summed E-state index contributed by atoms with van der Waals surface area (Å²) in [7, 11) is 0. The molecule has 0 spiro atoms. The SMILES string of the molecule is CC(C)NC(=O)C(C)NC1CC(c2ccc(Cl)cc2)C1. The quantitative estimate of drug-likeness (QED) is 0.876. The lowest BCUT2D eigenvalue weighted by Gasteiger charge is -2.38. The monoisotopic (exact) mass is 294 g/mol. The number of nitrogens with one attached hydrogen (secondary N) is 2. The second-order valence-electron chi connectivity index (χ2n) is 5.97. The first-order valence-electron chi connectivity index (χ1n) is 7.27. The van der Waals surface area contributed by atoms with Crippen molar-refractivity contribution < 1.29 is 4.79 Å². The molecular weight excluding hydrogens is 272 g/mol. The summed E-state index contributed by atoms with van der Waals surface area (Å²) >= 11 is 5.89. The Bertz CT molecular complexity index is 452. The van der Waals surface area contributed by atoms with Crippen LogP contribution in [0.4, 0.5) is 0 Å². The molecule has 1 atom stereocenters. The summed E-state index contributed by atoms with van der Waals surface area (Å²) in [6.07, 6.45) is 2.17. The van der Waals surface area contributed by atoms with Crippen LogP contribution in [0.1, 0.15) is 45.1 Å². The Morgan fingerprint density at radius 1 is 1.20 bits per heavy atom. The van der Waals surface area contributed by atoms with Crippen LogP contribution >= 0.6 is 11.6 Å². The molecule has 20 heavy (non-hydrogen) atoms. The molecule has 2 N–H and O–H groups in total. The Labute approximate surface area is 126 Å². The number of hydrogen-bond donors (Lipinski definition) is 2. The maximum atomic E-state index is 11.8. The van der Waals surface area contributed by atoms with Crippen LogP contribution in [0.2, 0.25) is 5.02 Å².